The van der Waals surface area contributed by atoms with Crippen LogP contribution in [0.15, 0.2) is 65.0 Å². The average Bonchev–Trinajstić information content (AvgIpc) is 3.44. The first-order chi connectivity index (χ1) is 18.4. The van der Waals surface area contributed by atoms with Crippen LogP contribution >= 0.6 is 0 Å². The van der Waals surface area contributed by atoms with E-state index in [1.807, 2.05) is 6.92 Å². The van der Waals surface area contributed by atoms with Crippen molar-refractivity contribution >= 4 is 11.8 Å². The molecule has 0 bridgehead atoms. The van der Waals surface area contributed by atoms with Crippen molar-refractivity contribution in [3.63, 3.8) is 0 Å². The maximum absolute atomic E-state index is 13.8. The van der Waals surface area contributed by atoms with Gasteiger partial charge in [-0.2, -0.15) is 0 Å². The summed E-state index contributed by atoms with van der Waals surface area (Å²) in [5, 5.41) is 3.34. The van der Waals surface area contributed by atoms with Crippen LogP contribution in [0.3, 0.4) is 0 Å². The van der Waals surface area contributed by atoms with Gasteiger partial charge in [-0.3, -0.25) is 4.79 Å². The molecule has 8 heteroatoms. The highest BCUT2D eigenvalue weighted by molar-refractivity contribution is 6.04. The van der Waals surface area contributed by atoms with Crippen molar-refractivity contribution in [2.45, 2.75) is 50.5 Å². The quantitative estimate of drug-likeness (QED) is 0.518. The van der Waals surface area contributed by atoms with E-state index in [-0.39, 0.29) is 36.7 Å². The number of allylic oxidation sites excluding steroid dienone is 3. The molecule has 0 spiro atoms. The molecule has 2 aliphatic heterocycles. The standard InChI is InChI=1S/C30H32FNO6/c1-17-27(30(34)38-16-22-5-4-12-37-22)28(23-15-21(35-2)10-11-26(23)36-3)29-24(32-17)13-19(14-25(29)33)18-6-8-20(31)9-7-18/h6-11,15,19,22,28,32H,4-5,12-14,16H2,1-3H3. The van der Waals surface area contributed by atoms with Crippen LogP contribution in [0, 0.1) is 5.82 Å². The molecule has 1 saturated heterocycles. The number of carbonyl (C=O) groups is 2. The smallest absolute Gasteiger partial charge is 0.336 e. The van der Waals surface area contributed by atoms with Crippen LogP contribution in [0.25, 0.3) is 0 Å². The van der Waals surface area contributed by atoms with Crippen molar-refractivity contribution in [3.05, 3.63) is 81.9 Å². The number of esters is 1. The summed E-state index contributed by atoms with van der Waals surface area (Å²) in [5.74, 6) is -0.589. The molecule has 3 unspecified atom stereocenters. The zero-order valence-electron chi connectivity index (χ0n) is 21.8. The van der Waals surface area contributed by atoms with Gasteiger partial charge >= 0.3 is 5.97 Å². The molecule has 38 heavy (non-hydrogen) atoms. The Morgan fingerprint density at radius 1 is 1.11 bits per heavy atom. The lowest BCUT2D eigenvalue weighted by atomic mass is 9.71. The molecule has 2 aromatic rings. The highest BCUT2D eigenvalue weighted by atomic mass is 19.1. The zero-order chi connectivity index (χ0) is 26.8. The molecular weight excluding hydrogens is 489 g/mol. The molecule has 7 nitrogen and oxygen atoms in total. The molecule has 3 atom stereocenters. The van der Waals surface area contributed by atoms with E-state index in [2.05, 4.69) is 5.32 Å². The number of methoxy groups -OCH3 is 2. The number of Topliss-reactive ketones (excluding diaryl/α,β-unsaturated/α-hetero) is 1. The van der Waals surface area contributed by atoms with Crippen molar-refractivity contribution in [3.8, 4) is 11.5 Å². The molecule has 2 heterocycles. The normalized spacial score (nSPS) is 23.2. The largest absolute Gasteiger partial charge is 0.497 e. The number of halogens is 1. The van der Waals surface area contributed by atoms with E-state index in [9.17, 15) is 14.0 Å². The van der Waals surface area contributed by atoms with Crippen molar-refractivity contribution in [1.82, 2.24) is 5.32 Å². The lowest BCUT2D eigenvalue weighted by molar-refractivity contribution is -0.142. The summed E-state index contributed by atoms with van der Waals surface area (Å²) in [6.07, 6.45) is 2.45. The Labute approximate surface area is 221 Å². The Balaban J connectivity index is 1.56. The average molecular weight is 522 g/mol. The maximum Gasteiger partial charge on any atom is 0.336 e. The second-order valence-electron chi connectivity index (χ2n) is 9.91. The third-order valence-electron chi connectivity index (χ3n) is 7.56. The zero-order valence-corrected chi connectivity index (χ0v) is 21.8. The Kier molecular flexibility index (Phi) is 7.51. The van der Waals surface area contributed by atoms with Crippen LogP contribution in [0.5, 0.6) is 11.5 Å². The summed E-state index contributed by atoms with van der Waals surface area (Å²) in [6.45, 7) is 2.64. The maximum atomic E-state index is 13.8. The van der Waals surface area contributed by atoms with Crippen LogP contribution in [0.1, 0.15) is 55.6 Å². The Morgan fingerprint density at radius 2 is 1.89 bits per heavy atom. The minimum Gasteiger partial charge on any atom is -0.497 e. The van der Waals surface area contributed by atoms with E-state index in [1.165, 1.54) is 12.1 Å². The van der Waals surface area contributed by atoms with Crippen molar-refractivity contribution in [2.75, 3.05) is 27.4 Å². The van der Waals surface area contributed by atoms with E-state index in [4.69, 9.17) is 18.9 Å². The molecule has 200 valence electrons. The Bertz CT molecular complexity index is 1290. The summed E-state index contributed by atoms with van der Waals surface area (Å²) in [5.41, 5.74) is 3.79. The predicted molar refractivity (Wildman–Crippen MR) is 138 cm³/mol. The number of carbonyl (C=O) groups excluding carboxylic acids is 2. The number of ketones is 1. The van der Waals surface area contributed by atoms with Crippen LogP contribution in [0.2, 0.25) is 0 Å². The summed E-state index contributed by atoms with van der Waals surface area (Å²) in [7, 11) is 3.12. The number of rotatable bonds is 7. The van der Waals surface area contributed by atoms with Gasteiger partial charge in [0, 0.05) is 35.6 Å². The Morgan fingerprint density at radius 3 is 2.58 bits per heavy atom. The monoisotopic (exact) mass is 521 g/mol. The predicted octanol–water partition coefficient (Wildman–Crippen LogP) is 4.93. The molecule has 0 amide bonds. The topological polar surface area (TPSA) is 83.1 Å². The van der Waals surface area contributed by atoms with E-state index in [0.717, 1.165) is 24.1 Å². The van der Waals surface area contributed by atoms with Gasteiger partial charge in [-0.15, -0.1) is 0 Å². The van der Waals surface area contributed by atoms with Gasteiger partial charge in [0.15, 0.2) is 5.78 Å². The fourth-order valence-corrected chi connectivity index (χ4v) is 5.68. The highest BCUT2D eigenvalue weighted by Crippen LogP contribution is 2.48. The van der Waals surface area contributed by atoms with Gasteiger partial charge < -0.3 is 24.3 Å². The fourth-order valence-electron chi connectivity index (χ4n) is 5.68. The summed E-state index contributed by atoms with van der Waals surface area (Å²) in [4.78, 5) is 27.4. The van der Waals surface area contributed by atoms with Crippen molar-refractivity contribution < 1.29 is 32.9 Å². The molecule has 1 fully saturated rings. The minimum absolute atomic E-state index is 0.0834. The fraction of sp³-hybridized carbons (Fsp3) is 0.400. The van der Waals surface area contributed by atoms with E-state index >= 15 is 0 Å². The summed E-state index contributed by atoms with van der Waals surface area (Å²) >= 11 is 0. The first kappa shape index (κ1) is 26.0. The molecule has 0 aromatic heterocycles. The number of ether oxygens (including phenoxy) is 4. The molecule has 3 aliphatic rings. The first-order valence-corrected chi connectivity index (χ1v) is 12.9. The first-order valence-electron chi connectivity index (χ1n) is 12.9. The van der Waals surface area contributed by atoms with Crippen molar-refractivity contribution in [1.29, 1.82) is 0 Å². The number of nitrogens with one attached hydrogen (secondary N) is 1. The lowest BCUT2D eigenvalue weighted by Crippen LogP contribution is -2.36. The molecule has 0 radical (unpaired) electrons. The van der Waals surface area contributed by atoms with E-state index < -0.39 is 11.9 Å². The second kappa shape index (κ2) is 11.0. The van der Waals surface area contributed by atoms with Crippen LogP contribution in [-0.2, 0) is 19.1 Å². The summed E-state index contributed by atoms with van der Waals surface area (Å²) in [6, 6.07) is 11.6. The lowest BCUT2D eigenvalue weighted by Gasteiger charge is -2.37. The SMILES string of the molecule is COc1ccc(OC)c(C2C(C(=O)OCC3CCCO3)=C(C)NC3=C2C(=O)CC(c2ccc(F)cc2)C3)c1. The molecule has 5 rings (SSSR count). The van der Waals surface area contributed by atoms with Crippen LogP contribution < -0.4 is 14.8 Å². The van der Waals surface area contributed by atoms with Gasteiger partial charge in [0.25, 0.3) is 0 Å². The van der Waals surface area contributed by atoms with Crippen molar-refractivity contribution in [2.24, 2.45) is 0 Å². The summed E-state index contributed by atoms with van der Waals surface area (Å²) < 4.78 is 36.1. The third kappa shape index (κ3) is 5.05. The number of hydrogen-bond acceptors (Lipinski definition) is 7. The molecule has 0 saturated carbocycles. The van der Waals surface area contributed by atoms with Gasteiger partial charge in [-0.05, 0) is 68.0 Å². The van der Waals surface area contributed by atoms with Gasteiger partial charge in [0.05, 0.1) is 31.8 Å². The van der Waals surface area contributed by atoms with Gasteiger partial charge in [0.2, 0.25) is 0 Å². The number of dihydropyridines is 1. The molecule has 1 aliphatic carbocycles. The number of benzene rings is 2. The molecule has 1 N–H and O–H groups in total. The third-order valence-corrected chi connectivity index (χ3v) is 7.56. The second-order valence-corrected chi connectivity index (χ2v) is 9.91. The van der Waals surface area contributed by atoms with Gasteiger partial charge in [0.1, 0.15) is 23.9 Å². The van der Waals surface area contributed by atoms with Crippen LogP contribution in [0.4, 0.5) is 4.39 Å². The highest BCUT2D eigenvalue weighted by Gasteiger charge is 2.42. The molecular formula is C30H32FNO6. The van der Waals surface area contributed by atoms with Gasteiger partial charge in [-0.25, -0.2) is 9.18 Å². The minimum atomic E-state index is -0.699. The molecule has 2 aromatic carbocycles. The number of hydrogen-bond donors (Lipinski definition) is 1. The Hall–Kier alpha value is -3.65. The van der Waals surface area contributed by atoms with Crippen LogP contribution in [-0.4, -0.2) is 45.3 Å². The van der Waals surface area contributed by atoms with E-state index in [0.29, 0.717) is 46.9 Å². The van der Waals surface area contributed by atoms with Gasteiger partial charge in [-0.1, -0.05) is 12.1 Å². The van der Waals surface area contributed by atoms with E-state index in [1.54, 1.807) is 44.6 Å².